The van der Waals surface area contributed by atoms with Crippen LogP contribution in [0.5, 0.6) is 0 Å². The molecule has 1 nitrogen and oxygen atoms in total. The lowest BCUT2D eigenvalue weighted by Gasteiger charge is -2.29. The van der Waals surface area contributed by atoms with Crippen molar-refractivity contribution in [3.63, 3.8) is 0 Å². The first-order chi connectivity index (χ1) is 10.4. The average Bonchev–Trinajstić information content (AvgIpc) is 2.55. The summed E-state index contributed by atoms with van der Waals surface area (Å²) in [5.74, 6) is 6.79. The minimum atomic E-state index is 0.468. The molecule has 2 aliphatic rings. The zero-order valence-corrected chi connectivity index (χ0v) is 13.4. The Balaban J connectivity index is 1.55. The quantitative estimate of drug-likeness (QED) is 0.749. The van der Waals surface area contributed by atoms with Crippen LogP contribution in [0.1, 0.15) is 37.7 Å². The average molecular weight is 297 g/mol. The monoisotopic (exact) mass is 297 g/mol. The lowest BCUT2D eigenvalue weighted by Crippen LogP contribution is -2.31. The molecule has 2 aliphatic heterocycles. The van der Waals surface area contributed by atoms with Gasteiger partial charge in [0.1, 0.15) is 0 Å². The first kappa shape index (κ1) is 14.8. The van der Waals surface area contributed by atoms with Gasteiger partial charge in [-0.25, -0.2) is 0 Å². The van der Waals surface area contributed by atoms with Crippen molar-refractivity contribution >= 4 is 11.8 Å². The molecule has 1 atom stereocenters. The fraction of sp³-hybridized carbons (Fsp3) is 0.474. The van der Waals surface area contributed by atoms with Crippen molar-refractivity contribution in [2.75, 3.05) is 19.6 Å². The number of allylic oxidation sites excluding steroid dienone is 1. The third kappa shape index (κ3) is 4.66. The van der Waals surface area contributed by atoms with Gasteiger partial charge in [-0.2, -0.15) is 0 Å². The third-order valence-electron chi connectivity index (χ3n) is 4.07. The molecule has 0 spiro atoms. The number of likely N-dealkylation sites (tertiary alicyclic amines) is 1. The van der Waals surface area contributed by atoms with E-state index >= 15 is 0 Å². The Hall–Kier alpha value is -1.17. The summed E-state index contributed by atoms with van der Waals surface area (Å²) in [6.45, 7) is 3.70. The Morgan fingerprint density at radius 1 is 1.10 bits per heavy atom. The third-order valence-corrected chi connectivity index (χ3v) is 5.31. The van der Waals surface area contributed by atoms with E-state index in [2.05, 4.69) is 47.1 Å². The van der Waals surface area contributed by atoms with Crippen molar-refractivity contribution in [3.8, 4) is 11.8 Å². The first-order valence-corrected chi connectivity index (χ1v) is 8.93. The predicted molar refractivity (Wildman–Crippen MR) is 92.3 cm³/mol. The lowest BCUT2D eigenvalue weighted by molar-refractivity contribution is 0.250. The molecule has 0 aliphatic carbocycles. The Morgan fingerprint density at radius 2 is 1.90 bits per heavy atom. The van der Waals surface area contributed by atoms with E-state index in [0.717, 1.165) is 12.1 Å². The number of nitrogens with zero attached hydrogens (tertiary/aromatic N) is 1. The molecule has 0 saturated carbocycles. The van der Waals surface area contributed by atoms with Crippen molar-refractivity contribution in [2.24, 2.45) is 0 Å². The molecular formula is C19H23NS. The molecule has 1 fully saturated rings. The summed E-state index contributed by atoms with van der Waals surface area (Å²) in [6, 6.07) is 10.3. The lowest BCUT2D eigenvalue weighted by atomic mass is 10.1. The van der Waals surface area contributed by atoms with E-state index in [1.54, 1.807) is 0 Å². The number of hydrogen-bond acceptors (Lipinski definition) is 2. The first-order valence-electron chi connectivity index (χ1n) is 8.05. The smallest absolute Gasteiger partial charge is 0.0708 e. The van der Waals surface area contributed by atoms with Crippen LogP contribution in [0.3, 0.4) is 0 Å². The molecule has 0 aromatic heterocycles. The van der Waals surface area contributed by atoms with E-state index in [-0.39, 0.29) is 0 Å². The Bertz CT molecular complexity index is 532. The number of hydrogen-bond donors (Lipinski definition) is 0. The van der Waals surface area contributed by atoms with Gasteiger partial charge in [0.05, 0.1) is 5.25 Å². The second kappa shape index (κ2) is 7.73. The van der Waals surface area contributed by atoms with Gasteiger partial charge in [-0.05, 0) is 55.8 Å². The molecule has 1 saturated heterocycles. The molecule has 1 unspecified atom stereocenters. The largest absolute Gasteiger partial charge is 0.299 e. The van der Waals surface area contributed by atoms with Crippen molar-refractivity contribution in [1.82, 2.24) is 4.90 Å². The van der Waals surface area contributed by atoms with Gasteiger partial charge in [0.15, 0.2) is 0 Å². The molecule has 2 heteroatoms. The fourth-order valence-corrected chi connectivity index (χ4v) is 4.12. The van der Waals surface area contributed by atoms with Gasteiger partial charge in [-0.3, -0.25) is 4.90 Å². The molecule has 2 heterocycles. The zero-order chi connectivity index (χ0) is 14.3. The fourth-order valence-electron chi connectivity index (χ4n) is 2.91. The van der Waals surface area contributed by atoms with Crippen LogP contribution < -0.4 is 0 Å². The topological polar surface area (TPSA) is 3.24 Å². The van der Waals surface area contributed by atoms with Crippen LogP contribution in [0, 0.1) is 11.8 Å². The molecule has 0 N–H and O–H groups in total. The van der Waals surface area contributed by atoms with Crippen LogP contribution >= 0.6 is 11.8 Å². The van der Waals surface area contributed by atoms with E-state index in [1.807, 2.05) is 17.8 Å². The molecule has 21 heavy (non-hydrogen) atoms. The maximum atomic E-state index is 3.46. The maximum Gasteiger partial charge on any atom is 0.0708 e. The highest BCUT2D eigenvalue weighted by atomic mass is 32.2. The highest BCUT2D eigenvalue weighted by Gasteiger charge is 2.17. The normalized spacial score (nSPS) is 23.0. The summed E-state index contributed by atoms with van der Waals surface area (Å²) >= 11 is 1.99. The molecule has 0 bridgehead atoms. The summed E-state index contributed by atoms with van der Waals surface area (Å²) in [5.41, 5.74) is 1.13. The summed E-state index contributed by atoms with van der Waals surface area (Å²) in [4.78, 5) is 4.14. The van der Waals surface area contributed by atoms with Crippen LogP contribution in [0.15, 0.2) is 41.3 Å². The Labute approximate surface area is 132 Å². The number of piperidine rings is 1. The van der Waals surface area contributed by atoms with Crippen molar-refractivity contribution < 1.29 is 0 Å². The SMILES string of the molecule is C(#CC1CCC=C(CN2CCCCC2)S1)c1ccccc1. The van der Waals surface area contributed by atoms with Gasteiger partial charge >= 0.3 is 0 Å². The highest BCUT2D eigenvalue weighted by molar-refractivity contribution is 8.04. The maximum absolute atomic E-state index is 3.46. The summed E-state index contributed by atoms with van der Waals surface area (Å²) in [5, 5.41) is 0.468. The van der Waals surface area contributed by atoms with Crippen molar-refractivity contribution in [1.29, 1.82) is 0 Å². The van der Waals surface area contributed by atoms with Crippen molar-refractivity contribution in [2.45, 2.75) is 37.4 Å². The van der Waals surface area contributed by atoms with Gasteiger partial charge in [-0.1, -0.05) is 42.5 Å². The number of benzene rings is 1. The number of thioether (sulfide) groups is 1. The van der Waals surface area contributed by atoms with E-state index in [0.29, 0.717) is 5.25 Å². The minimum Gasteiger partial charge on any atom is -0.299 e. The van der Waals surface area contributed by atoms with E-state index < -0.39 is 0 Å². The zero-order valence-electron chi connectivity index (χ0n) is 12.6. The molecule has 1 aromatic rings. The van der Waals surface area contributed by atoms with Gasteiger partial charge in [-0.15, -0.1) is 11.8 Å². The van der Waals surface area contributed by atoms with Crippen LogP contribution in [0.2, 0.25) is 0 Å². The van der Waals surface area contributed by atoms with Crippen LogP contribution in [-0.4, -0.2) is 29.8 Å². The summed E-state index contributed by atoms with van der Waals surface area (Å²) in [6.07, 6.45) is 8.95. The molecule has 0 amide bonds. The van der Waals surface area contributed by atoms with E-state index in [9.17, 15) is 0 Å². The molecule has 1 aromatic carbocycles. The van der Waals surface area contributed by atoms with Gasteiger partial charge in [0.25, 0.3) is 0 Å². The Kier molecular flexibility index (Phi) is 5.43. The van der Waals surface area contributed by atoms with E-state index in [1.165, 1.54) is 50.1 Å². The molecular weight excluding hydrogens is 274 g/mol. The van der Waals surface area contributed by atoms with Crippen LogP contribution in [0.25, 0.3) is 0 Å². The Morgan fingerprint density at radius 3 is 2.71 bits per heavy atom. The second-order valence-electron chi connectivity index (χ2n) is 5.83. The number of rotatable bonds is 2. The summed E-state index contributed by atoms with van der Waals surface area (Å²) < 4.78 is 0. The second-order valence-corrected chi connectivity index (χ2v) is 7.16. The highest BCUT2D eigenvalue weighted by Crippen LogP contribution is 2.31. The molecule has 0 radical (unpaired) electrons. The standard InChI is InChI=1S/C19H23NS/c1-3-8-17(9-4-1)12-13-18-10-7-11-19(21-18)16-20-14-5-2-6-15-20/h1,3-4,8-9,11,18H,2,5-7,10,14-16H2. The predicted octanol–water partition coefficient (Wildman–Crippen LogP) is 4.30. The molecule has 110 valence electrons. The van der Waals surface area contributed by atoms with Crippen molar-refractivity contribution in [3.05, 3.63) is 46.9 Å². The molecule has 3 rings (SSSR count). The van der Waals surface area contributed by atoms with Gasteiger partial charge in [0.2, 0.25) is 0 Å². The van der Waals surface area contributed by atoms with Gasteiger partial charge in [0, 0.05) is 12.1 Å². The van der Waals surface area contributed by atoms with E-state index in [4.69, 9.17) is 0 Å². The minimum absolute atomic E-state index is 0.468. The summed E-state index contributed by atoms with van der Waals surface area (Å²) in [7, 11) is 0. The van der Waals surface area contributed by atoms with Gasteiger partial charge < -0.3 is 0 Å². The van der Waals surface area contributed by atoms with Crippen LogP contribution in [0.4, 0.5) is 0 Å². The van der Waals surface area contributed by atoms with Crippen LogP contribution in [-0.2, 0) is 0 Å².